The Balaban J connectivity index is 1.60. The molecule has 1 saturated heterocycles. The summed E-state index contributed by atoms with van der Waals surface area (Å²) >= 11 is 1.86. The highest BCUT2D eigenvalue weighted by Gasteiger charge is 2.23. The number of piperidine rings is 1. The van der Waals surface area contributed by atoms with Gasteiger partial charge in [0.05, 0.1) is 13.2 Å². The fourth-order valence-electron chi connectivity index (χ4n) is 2.78. The molecule has 6 nitrogen and oxygen atoms in total. The molecule has 0 bridgehead atoms. The van der Waals surface area contributed by atoms with Crippen LogP contribution < -0.4 is 11.1 Å². The molecule has 1 aliphatic heterocycles. The van der Waals surface area contributed by atoms with Gasteiger partial charge in [-0.1, -0.05) is 29.8 Å². The summed E-state index contributed by atoms with van der Waals surface area (Å²) in [5.41, 5.74) is 8.61. The lowest BCUT2D eigenvalue weighted by Crippen LogP contribution is -2.48. The standard InChI is InChI=1S/C19H30N4O2S/c1-3-25-19(24)23-11-8-17(9-12-23)22-18(20)21-10-13-26-14-16-6-4-15(2)5-7-16/h4-7,17H,3,8-14H2,1-2H3,(H3,20,21,22). The van der Waals surface area contributed by atoms with Crippen molar-refractivity contribution in [1.29, 1.82) is 0 Å². The molecule has 0 atom stereocenters. The number of nitrogens with zero attached hydrogens (tertiary/aromatic N) is 2. The van der Waals surface area contributed by atoms with E-state index in [4.69, 9.17) is 10.5 Å². The van der Waals surface area contributed by atoms with Crippen LogP contribution in [0.4, 0.5) is 4.79 Å². The van der Waals surface area contributed by atoms with Crippen LogP contribution in [0.25, 0.3) is 0 Å². The number of ether oxygens (including phenoxy) is 1. The minimum atomic E-state index is -0.224. The fraction of sp³-hybridized carbons (Fsp3) is 0.579. The van der Waals surface area contributed by atoms with Gasteiger partial charge < -0.3 is 20.7 Å². The van der Waals surface area contributed by atoms with Crippen LogP contribution >= 0.6 is 11.8 Å². The van der Waals surface area contributed by atoms with E-state index in [1.54, 1.807) is 4.90 Å². The fourth-order valence-corrected chi connectivity index (χ4v) is 3.57. The SMILES string of the molecule is CCOC(=O)N1CCC(NC(N)=NCCSCc2ccc(C)cc2)CC1. The average molecular weight is 379 g/mol. The Labute approximate surface area is 160 Å². The van der Waals surface area contributed by atoms with Crippen LogP contribution in [0, 0.1) is 6.92 Å². The van der Waals surface area contributed by atoms with Crippen molar-refractivity contribution in [1.82, 2.24) is 10.2 Å². The highest BCUT2D eigenvalue weighted by atomic mass is 32.2. The molecule has 144 valence electrons. The van der Waals surface area contributed by atoms with Gasteiger partial charge in [-0.3, -0.25) is 4.99 Å². The number of amides is 1. The van der Waals surface area contributed by atoms with Gasteiger partial charge in [0.2, 0.25) is 0 Å². The van der Waals surface area contributed by atoms with E-state index >= 15 is 0 Å². The lowest BCUT2D eigenvalue weighted by molar-refractivity contribution is 0.0963. The van der Waals surface area contributed by atoms with Crippen LogP contribution in [-0.4, -0.2) is 55.0 Å². The van der Waals surface area contributed by atoms with E-state index in [0.717, 1.165) is 24.3 Å². The van der Waals surface area contributed by atoms with Crippen LogP contribution in [0.5, 0.6) is 0 Å². The molecule has 26 heavy (non-hydrogen) atoms. The van der Waals surface area contributed by atoms with E-state index in [-0.39, 0.29) is 12.1 Å². The molecule has 1 amide bonds. The van der Waals surface area contributed by atoms with Gasteiger partial charge in [-0.2, -0.15) is 11.8 Å². The van der Waals surface area contributed by atoms with Crippen molar-refractivity contribution < 1.29 is 9.53 Å². The van der Waals surface area contributed by atoms with E-state index in [2.05, 4.69) is 41.5 Å². The first-order valence-corrected chi connectivity index (χ1v) is 10.4. The molecular formula is C19H30N4O2S. The number of hydrogen-bond acceptors (Lipinski definition) is 4. The number of hydrogen-bond donors (Lipinski definition) is 2. The van der Waals surface area contributed by atoms with Gasteiger partial charge in [-0.25, -0.2) is 4.79 Å². The summed E-state index contributed by atoms with van der Waals surface area (Å²) in [6, 6.07) is 8.89. The van der Waals surface area contributed by atoms with Gasteiger partial charge in [0.1, 0.15) is 0 Å². The summed E-state index contributed by atoms with van der Waals surface area (Å²) in [4.78, 5) is 17.8. The topological polar surface area (TPSA) is 80.0 Å². The van der Waals surface area contributed by atoms with Gasteiger partial charge in [0.15, 0.2) is 5.96 Å². The van der Waals surface area contributed by atoms with E-state index in [1.807, 2.05) is 18.7 Å². The monoisotopic (exact) mass is 378 g/mol. The first-order chi connectivity index (χ1) is 12.6. The highest BCUT2D eigenvalue weighted by Crippen LogP contribution is 2.13. The first-order valence-electron chi connectivity index (χ1n) is 9.20. The Bertz CT molecular complexity index is 584. The number of nitrogens with one attached hydrogen (secondary N) is 1. The predicted molar refractivity (Wildman–Crippen MR) is 109 cm³/mol. The van der Waals surface area contributed by atoms with Crippen molar-refractivity contribution in [3.63, 3.8) is 0 Å². The molecule has 3 N–H and O–H groups in total. The molecule has 1 fully saturated rings. The zero-order valence-corrected chi connectivity index (χ0v) is 16.6. The number of carbonyl (C=O) groups is 1. The van der Waals surface area contributed by atoms with E-state index in [1.165, 1.54) is 11.1 Å². The van der Waals surface area contributed by atoms with Gasteiger partial charge in [-0.15, -0.1) is 0 Å². The summed E-state index contributed by atoms with van der Waals surface area (Å²) in [5.74, 6) is 2.43. The van der Waals surface area contributed by atoms with E-state index in [0.29, 0.717) is 32.2 Å². The predicted octanol–water partition coefficient (Wildman–Crippen LogP) is 2.75. The van der Waals surface area contributed by atoms with Gasteiger partial charge in [0.25, 0.3) is 0 Å². The smallest absolute Gasteiger partial charge is 0.409 e. The van der Waals surface area contributed by atoms with Crippen molar-refractivity contribution in [2.45, 2.75) is 38.5 Å². The summed E-state index contributed by atoms with van der Waals surface area (Å²) in [7, 11) is 0. The third-order valence-corrected chi connectivity index (χ3v) is 5.29. The summed E-state index contributed by atoms with van der Waals surface area (Å²) < 4.78 is 5.03. The third kappa shape index (κ3) is 7.15. The van der Waals surface area contributed by atoms with Crippen molar-refractivity contribution in [3.8, 4) is 0 Å². The van der Waals surface area contributed by atoms with Crippen molar-refractivity contribution >= 4 is 23.8 Å². The maximum Gasteiger partial charge on any atom is 0.409 e. The van der Waals surface area contributed by atoms with Crippen molar-refractivity contribution in [2.24, 2.45) is 10.7 Å². The van der Waals surface area contributed by atoms with E-state index < -0.39 is 0 Å². The Hall–Kier alpha value is -1.89. The molecule has 0 spiro atoms. The zero-order chi connectivity index (χ0) is 18.8. The van der Waals surface area contributed by atoms with Gasteiger partial charge >= 0.3 is 6.09 Å². The number of benzene rings is 1. The zero-order valence-electron chi connectivity index (χ0n) is 15.7. The van der Waals surface area contributed by atoms with Crippen LogP contribution in [0.15, 0.2) is 29.3 Å². The Kier molecular flexibility index (Phi) is 8.61. The Morgan fingerprint density at radius 3 is 2.69 bits per heavy atom. The molecule has 1 aromatic rings. The second-order valence-corrected chi connectivity index (χ2v) is 7.51. The summed E-state index contributed by atoms with van der Waals surface area (Å²) in [5, 5.41) is 3.26. The van der Waals surface area contributed by atoms with Crippen molar-refractivity contribution in [3.05, 3.63) is 35.4 Å². The largest absolute Gasteiger partial charge is 0.450 e. The second kappa shape index (κ2) is 11.0. The Morgan fingerprint density at radius 2 is 2.04 bits per heavy atom. The number of likely N-dealkylation sites (tertiary alicyclic amines) is 1. The lowest BCUT2D eigenvalue weighted by Gasteiger charge is -2.31. The van der Waals surface area contributed by atoms with Crippen LogP contribution in [0.1, 0.15) is 30.9 Å². The number of nitrogens with two attached hydrogens (primary N) is 1. The highest BCUT2D eigenvalue weighted by molar-refractivity contribution is 7.98. The first kappa shape index (κ1) is 20.4. The molecule has 0 aliphatic carbocycles. The number of rotatable bonds is 7. The van der Waals surface area contributed by atoms with Crippen LogP contribution in [0.3, 0.4) is 0 Å². The quantitative estimate of drug-likeness (QED) is 0.433. The minimum absolute atomic E-state index is 0.224. The number of aryl methyl sites for hydroxylation is 1. The normalized spacial score (nSPS) is 15.8. The number of aliphatic imine (C=N–C) groups is 1. The van der Waals surface area contributed by atoms with Crippen molar-refractivity contribution in [2.75, 3.05) is 32.0 Å². The minimum Gasteiger partial charge on any atom is -0.450 e. The lowest BCUT2D eigenvalue weighted by atomic mass is 10.1. The summed E-state index contributed by atoms with van der Waals surface area (Å²) in [6.07, 6.45) is 1.49. The van der Waals surface area contributed by atoms with Crippen LogP contribution in [0.2, 0.25) is 0 Å². The average Bonchev–Trinajstić information content (AvgIpc) is 2.64. The second-order valence-electron chi connectivity index (χ2n) is 6.41. The summed E-state index contributed by atoms with van der Waals surface area (Å²) in [6.45, 7) is 6.42. The third-order valence-electron chi connectivity index (χ3n) is 4.28. The molecule has 1 aromatic carbocycles. The Morgan fingerprint density at radius 1 is 1.35 bits per heavy atom. The molecule has 0 radical (unpaired) electrons. The van der Waals surface area contributed by atoms with E-state index in [9.17, 15) is 4.79 Å². The number of guanidine groups is 1. The molecule has 0 unspecified atom stereocenters. The molecule has 7 heteroatoms. The number of thioether (sulfide) groups is 1. The number of carbonyl (C=O) groups excluding carboxylic acids is 1. The van der Waals surface area contributed by atoms with Gasteiger partial charge in [-0.05, 0) is 32.3 Å². The molecule has 0 saturated carbocycles. The maximum absolute atomic E-state index is 11.7. The molecule has 1 heterocycles. The van der Waals surface area contributed by atoms with Gasteiger partial charge in [0, 0.05) is 30.6 Å². The maximum atomic E-state index is 11.7. The van der Waals surface area contributed by atoms with Crippen LogP contribution in [-0.2, 0) is 10.5 Å². The molecule has 0 aromatic heterocycles. The molecule has 2 rings (SSSR count). The molecular weight excluding hydrogens is 348 g/mol. The molecule has 1 aliphatic rings.